The zero-order chi connectivity index (χ0) is 9.64. The van der Waals surface area contributed by atoms with Crippen molar-refractivity contribution in [2.24, 2.45) is 11.8 Å². The summed E-state index contributed by atoms with van der Waals surface area (Å²) in [6.45, 7) is 0. The van der Waals surface area contributed by atoms with Gasteiger partial charge in [-0.25, -0.2) is 0 Å². The number of rotatable bonds is 0. The molecule has 2 atom stereocenters. The lowest BCUT2D eigenvalue weighted by atomic mass is 9.80. The summed E-state index contributed by atoms with van der Waals surface area (Å²) >= 11 is 11.9. The van der Waals surface area contributed by atoms with Crippen LogP contribution in [0.4, 0.5) is 0 Å². The topological polar surface area (TPSA) is 43.4 Å². The first kappa shape index (κ1) is 9.28. The first-order chi connectivity index (χ1) is 6.02. The van der Waals surface area contributed by atoms with Gasteiger partial charge in [0, 0.05) is 0 Å². The van der Waals surface area contributed by atoms with Gasteiger partial charge in [0.2, 0.25) is 0 Å². The molecule has 72 valence electrons. The minimum absolute atomic E-state index is 0.420. The quantitative estimate of drug-likeness (QED) is 0.356. The van der Waals surface area contributed by atoms with Gasteiger partial charge < -0.3 is 4.74 Å². The number of esters is 2. The Morgan fingerprint density at radius 2 is 2.00 bits per heavy atom. The zero-order valence-electron chi connectivity index (χ0n) is 6.76. The Hall–Kier alpha value is -0.280. The molecule has 0 spiro atoms. The molecule has 2 fully saturated rings. The van der Waals surface area contributed by atoms with Crippen molar-refractivity contribution in [2.75, 3.05) is 0 Å². The van der Waals surface area contributed by atoms with Crippen LogP contribution in [-0.4, -0.2) is 16.3 Å². The molecule has 2 aliphatic rings. The van der Waals surface area contributed by atoms with Crippen LogP contribution in [0.25, 0.3) is 0 Å². The standard InChI is InChI=1S/C8H8Cl2O3/c9-8(10)3-1-2-4-5(8)7(12)13-6(4)11/h4-5H,1-3H2. The second kappa shape index (κ2) is 2.85. The van der Waals surface area contributed by atoms with Gasteiger partial charge in [-0.1, -0.05) is 0 Å². The average Bonchev–Trinajstić information content (AvgIpc) is 2.27. The van der Waals surface area contributed by atoms with Crippen LogP contribution in [0.1, 0.15) is 19.3 Å². The van der Waals surface area contributed by atoms with E-state index in [-0.39, 0.29) is 0 Å². The van der Waals surface area contributed by atoms with E-state index in [1.807, 2.05) is 0 Å². The van der Waals surface area contributed by atoms with E-state index < -0.39 is 28.1 Å². The number of carbonyl (C=O) groups is 2. The maximum atomic E-state index is 11.2. The third-order valence-corrected chi connectivity index (χ3v) is 3.49. The summed E-state index contributed by atoms with van der Waals surface area (Å²) in [5.41, 5.74) is 0. The minimum atomic E-state index is -1.12. The first-order valence-electron chi connectivity index (χ1n) is 4.16. The second-order valence-corrected chi connectivity index (χ2v) is 5.02. The van der Waals surface area contributed by atoms with E-state index in [4.69, 9.17) is 23.2 Å². The number of hydrogen-bond acceptors (Lipinski definition) is 3. The normalized spacial score (nSPS) is 37.1. The van der Waals surface area contributed by atoms with Crippen LogP contribution in [0.3, 0.4) is 0 Å². The molecule has 13 heavy (non-hydrogen) atoms. The third-order valence-electron chi connectivity index (χ3n) is 2.64. The highest BCUT2D eigenvalue weighted by Crippen LogP contribution is 2.49. The first-order valence-corrected chi connectivity index (χ1v) is 4.91. The molecule has 0 aromatic carbocycles. The second-order valence-electron chi connectivity index (χ2n) is 3.48. The fourth-order valence-corrected chi connectivity index (χ4v) is 2.75. The molecule has 2 rings (SSSR count). The number of hydrogen-bond donors (Lipinski definition) is 0. The fraction of sp³-hybridized carbons (Fsp3) is 0.750. The van der Waals surface area contributed by atoms with Crippen LogP contribution in [0.5, 0.6) is 0 Å². The number of carbonyl (C=O) groups excluding carboxylic acids is 2. The van der Waals surface area contributed by atoms with Crippen LogP contribution >= 0.6 is 23.2 Å². The lowest BCUT2D eigenvalue weighted by molar-refractivity contribution is -0.153. The summed E-state index contributed by atoms with van der Waals surface area (Å²) in [6.07, 6.45) is 1.95. The largest absolute Gasteiger partial charge is 0.393 e. The van der Waals surface area contributed by atoms with Crippen LogP contribution in [0.15, 0.2) is 0 Å². The van der Waals surface area contributed by atoms with Gasteiger partial charge in [-0.15, -0.1) is 23.2 Å². The highest BCUT2D eigenvalue weighted by molar-refractivity contribution is 6.49. The third kappa shape index (κ3) is 1.34. The van der Waals surface area contributed by atoms with E-state index in [1.54, 1.807) is 0 Å². The van der Waals surface area contributed by atoms with Crippen LogP contribution < -0.4 is 0 Å². The lowest BCUT2D eigenvalue weighted by Gasteiger charge is -2.31. The van der Waals surface area contributed by atoms with Crippen molar-refractivity contribution in [3.8, 4) is 0 Å². The van der Waals surface area contributed by atoms with Crippen molar-refractivity contribution in [1.82, 2.24) is 0 Å². The van der Waals surface area contributed by atoms with Crippen molar-refractivity contribution < 1.29 is 14.3 Å². The van der Waals surface area contributed by atoms with Crippen LogP contribution in [0, 0.1) is 11.8 Å². The number of fused-ring (bicyclic) bond motifs is 1. The van der Waals surface area contributed by atoms with Crippen molar-refractivity contribution >= 4 is 35.1 Å². The number of ether oxygens (including phenoxy) is 1. The molecule has 5 heteroatoms. The Bertz CT molecular complexity index is 275. The molecule has 2 unspecified atom stereocenters. The molecule has 0 radical (unpaired) electrons. The van der Waals surface area contributed by atoms with Gasteiger partial charge in [0.05, 0.1) is 5.92 Å². The number of cyclic esters (lactones) is 2. The van der Waals surface area contributed by atoms with E-state index in [0.29, 0.717) is 12.8 Å². The average molecular weight is 223 g/mol. The molecule has 0 aromatic rings. The molecule has 0 aromatic heterocycles. The Morgan fingerprint density at radius 1 is 1.31 bits per heavy atom. The van der Waals surface area contributed by atoms with Gasteiger partial charge in [-0.2, -0.15) is 0 Å². The molecule has 1 aliphatic carbocycles. The van der Waals surface area contributed by atoms with Gasteiger partial charge in [0.15, 0.2) is 0 Å². The summed E-state index contributed by atoms with van der Waals surface area (Å²) < 4.78 is 3.38. The van der Waals surface area contributed by atoms with Gasteiger partial charge in [-0.3, -0.25) is 9.59 Å². The zero-order valence-corrected chi connectivity index (χ0v) is 8.27. The summed E-state index contributed by atoms with van der Waals surface area (Å²) in [6, 6.07) is 0. The molecule has 0 bridgehead atoms. The smallest absolute Gasteiger partial charge is 0.320 e. The molecule has 0 amide bonds. The van der Waals surface area contributed by atoms with Gasteiger partial charge in [0.1, 0.15) is 10.3 Å². The SMILES string of the molecule is O=C1OC(=O)C2C1CCCC2(Cl)Cl. The van der Waals surface area contributed by atoms with Crippen molar-refractivity contribution in [3.63, 3.8) is 0 Å². The van der Waals surface area contributed by atoms with Gasteiger partial charge in [0.25, 0.3) is 0 Å². The Kier molecular flexibility index (Phi) is 2.04. The molecule has 1 aliphatic heterocycles. The van der Waals surface area contributed by atoms with Crippen molar-refractivity contribution in [3.05, 3.63) is 0 Å². The van der Waals surface area contributed by atoms with Crippen molar-refractivity contribution in [2.45, 2.75) is 23.6 Å². The highest BCUT2D eigenvalue weighted by atomic mass is 35.5. The van der Waals surface area contributed by atoms with Gasteiger partial charge in [-0.05, 0) is 19.3 Å². The van der Waals surface area contributed by atoms with E-state index in [2.05, 4.69) is 4.74 Å². The van der Waals surface area contributed by atoms with Crippen molar-refractivity contribution in [1.29, 1.82) is 0 Å². The van der Waals surface area contributed by atoms with E-state index in [1.165, 1.54) is 0 Å². The Labute approximate surface area is 85.3 Å². The summed E-state index contributed by atoms with van der Waals surface area (Å²) in [4.78, 5) is 22.4. The predicted octanol–water partition coefficient (Wildman–Crippen LogP) is 1.66. The summed E-state index contributed by atoms with van der Waals surface area (Å²) in [5.74, 6) is -2.12. The lowest BCUT2D eigenvalue weighted by Crippen LogP contribution is -2.38. The molecule has 1 saturated carbocycles. The fourth-order valence-electron chi connectivity index (χ4n) is 2.00. The number of halogens is 2. The van der Waals surface area contributed by atoms with E-state index >= 15 is 0 Å². The molecule has 0 N–H and O–H groups in total. The van der Waals surface area contributed by atoms with Crippen LogP contribution in [0.2, 0.25) is 0 Å². The van der Waals surface area contributed by atoms with Crippen LogP contribution in [-0.2, 0) is 14.3 Å². The maximum absolute atomic E-state index is 11.2. The predicted molar refractivity (Wildman–Crippen MR) is 46.4 cm³/mol. The Balaban J connectivity index is 2.32. The summed E-state index contributed by atoms with van der Waals surface area (Å²) in [7, 11) is 0. The van der Waals surface area contributed by atoms with Gasteiger partial charge >= 0.3 is 11.9 Å². The maximum Gasteiger partial charge on any atom is 0.320 e. The van der Waals surface area contributed by atoms with E-state index in [0.717, 1.165) is 6.42 Å². The molecule has 1 saturated heterocycles. The monoisotopic (exact) mass is 222 g/mol. The highest BCUT2D eigenvalue weighted by Gasteiger charge is 2.56. The van der Waals surface area contributed by atoms with E-state index in [9.17, 15) is 9.59 Å². The Morgan fingerprint density at radius 3 is 2.62 bits per heavy atom. The molecule has 3 nitrogen and oxygen atoms in total. The molecular formula is C8H8Cl2O3. The molecule has 1 heterocycles. The molecular weight excluding hydrogens is 215 g/mol. The minimum Gasteiger partial charge on any atom is -0.393 e. The summed E-state index contributed by atoms with van der Waals surface area (Å²) in [5, 5.41) is 0. The number of alkyl halides is 2.